The van der Waals surface area contributed by atoms with Gasteiger partial charge in [0.05, 0.1) is 24.9 Å². The summed E-state index contributed by atoms with van der Waals surface area (Å²) in [6.45, 7) is 1.94. The summed E-state index contributed by atoms with van der Waals surface area (Å²) in [5, 5.41) is 19.8. The molecule has 3 nitrogen and oxygen atoms in total. The van der Waals surface area contributed by atoms with Crippen LogP contribution in [0, 0.1) is 0 Å². The summed E-state index contributed by atoms with van der Waals surface area (Å²) < 4.78 is 34.4. The molecular formula is C25H30F2O3. The summed E-state index contributed by atoms with van der Waals surface area (Å²) in [5.74, 6) is 0. The third-order valence-corrected chi connectivity index (χ3v) is 6.54. The predicted molar refractivity (Wildman–Crippen MR) is 112 cm³/mol. The minimum absolute atomic E-state index is 0.151. The Bertz CT molecular complexity index is 879. The molecule has 1 aliphatic heterocycles. The Balaban J connectivity index is 1.75. The average molecular weight is 417 g/mol. The lowest BCUT2D eigenvalue weighted by molar-refractivity contribution is -0.114. The number of aryl methyl sites for hydroxylation is 1. The summed E-state index contributed by atoms with van der Waals surface area (Å²) in [6, 6.07) is 10.0. The molecule has 0 amide bonds. The van der Waals surface area contributed by atoms with Gasteiger partial charge in [-0.1, -0.05) is 37.3 Å². The minimum Gasteiger partial charge on any atom is -0.394 e. The molecule has 1 aliphatic carbocycles. The van der Waals surface area contributed by atoms with Gasteiger partial charge in [0.1, 0.15) is 0 Å². The van der Waals surface area contributed by atoms with Crippen LogP contribution in [-0.4, -0.2) is 29.0 Å². The number of alkyl halides is 2. The molecule has 1 heterocycles. The molecule has 30 heavy (non-hydrogen) atoms. The first-order valence-electron chi connectivity index (χ1n) is 11.0. The fourth-order valence-electron chi connectivity index (χ4n) is 5.03. The Labute approximate surface area is 176 Å². The number of rotatable bonds is 6. The summed E-state index contributed by atoms with van der Waals surface area (Å²) in [5.41, 5.74) is 5.72. The van der Waals surface area contributed by atoms with Gasteiger partial charge in [-0.3, -0.25) is 0 Å². The SMILES string of the molecule is CCc1ccc(Cc2cc(C3CC(O)CC(CO)O3)c3c(c2C(F)F)CCC3)cc1. The molecule has 0 saturated carbocycles. The molecule has 0 radical (unpaired) electrons. The molecule has 5 heteroatoms. The van der Waals surface area contributed by atoms with Crippen molar-refractivity contribution in [3.63, 3.8) is 0 Å². The van der Waals surface area contributed by atoms with E-state index in [4.69, 9.17) is 4.74 Å². The van der Waals surface area contributed by atoms with E-state index in [9.17, 15) is 19.0 Å². The van der Waals surface area contributed by atoms with Gasteiger partial charge in [-0.15, -0.1) is 0 Å². The molecule has 3 atom stereocenters. The van der Waals surface area contributed by atoms with Crippen LogP contribution in [0.3, 0.4) is 0 Å². The van der Waals surface area contributed by atoms with E-state index in [0.29, 0.717) is 31.2 Å². The van der Waals surface area contributed by atoms with Gasteiger partial charge in [0.2, 0.25) is 0 Å². The first-order chi connectivity index (χ1) is 14.5. The maximum absolute atomic E-state index is 14.2. The number of ether oxygens (including phenoxy) is 1. The molecule has 2 aliphatic rings. The smallest absolute Gasteiger partial charge is 0.264 e. The molecule has 0 bridgehead atoms. The van der Waals surface area contributed by atoms with Crippen LogP contribution in [0.4, 0.5) is 8.78 Å². The normalized spacial score (nSPS) is 23.7. The second-order valence-electron chi connectivity index (χ2n) is 8.55. The van der Waals surface area contributed by atoms with Crippen molar-refractivity contribution in [1.29, 1.82) is 0 Å². The van der Waals surface area contributed by atoms with Crippen molar-refractivity contribution in [3.05, 3.63) is 69.3 Å². The second kappa shape index (κ2) is 9.13. The van der Waals surface area contributed by atoms with Gasteiger partial charge in [-0.05, 0) is 65.5 Å². The van der Waals surface area contributed by atoms with Crippen LogP contribution in [0.25, 0.3) is 0 Å². The van der Waals surface area contributed by atoms with Crippen LogP contribution < -0.4 is 0 Å². The number of benzene rings is 2. The molecule has 1 fully saturated rings. The van der Waals surface area contributed by atoms with Gasteiger partial charge in [0, 0.05) is 18.4 Å². The van der Waals surface area contributed by atoms with Crippen molar-refractivity contribution in [1.82, 2.24) is 0 Å². The standard InChI is InChI=1S/C25H30F2O3/c1-2-15-6-8-16(9-7-15)10-17-11-22(23-13-18(29)12-19(14-28)30-23)20-4-3-5-21(20)24(17)25(26)27/h6-9,11,18-19,23,25,28-29H,2-5,10,12-14H2,1H3. The lowest BCUT2D eigenvalue weighted by Gasteiger charge is -2.34. The highest BCUT2D eigenvalue weighted by Crippen LogP contribution is 2.42. The van der Waals surface area contributed by atoms with Crippen molar-refractivity contribution in [3.8, 4) is 0 Å². The van der Waals surface area contributed by atoms with Crippen molar-refractivity contribution < 1.29 is 23.7 Å². The lowest BCUT2D eigenvalue weighted by Crippen LogP contribution is -2.34. The first-order valence-corrected chi connectivity index (χ1v) is 11.0. The molecule has 162 valence electrons. The Morgan fingerprint density at radius 3 is 2.43 bits per heavy atom. The monoisotopic (exact) mass is 416 g/mol. The molecule has 0 aromatic heterocycles. The average Bonchev–Trinajstić information content (AvgIpc) is 3.22. The van der Waals surface area contributed by atoms with Crippen LogP contribution in [0.5, 0.6) is 0 Å². The van der Waals surface area contributed by atoms with Crippen LogP contribution in [-0.2, 0) is 30.4 Å². The first kappa shape index (κ1) is 21.4. The molecule has 2 N–H and O–H groups in total. The lowest BCUT2D eigenvalue weighted by atomic mass is 9.85. The van der Waals surface area contributed by atoms with E-state index in [1.54, 1.807) is 0 Å². The molecule has 3 unspecified atom stereocenters. The topological polar surface area (TPSA) is 49.7 Å². The zero-order valence-corrected chi connectivity index (χ0v) is 17.4. The molecule has 4 rings (SSSR count). The van der Waals surface area contributed by atoms with Crippen LogP contribution >= 0.6 is 0 Å². The van der Waals surface area contributed by atoms with Crippen LogP contribution in [0.2, 0.25) is 0 Å². The molecular weight excluding hydrogens is 386 g/mol. The number of aliphatic hydroxyl groups excluding tert-OH is 2. The van der Waals surface area contributed by atoms with Crippen molar-refractivity contribution in [2.75, 3.05) is 6.61 Å². The van der Waals surface area contributed by atoms with Gasteiger partial charge in [-0.25, -0.2) is 8.78 Å². The Kier molecular flexibility index (Phi) is 6.51. The molecule has 0 spiro atoms. The number of aliphatic hydroxyl groups is 2. The highest BCUT2D eigenvalue weighted by molar-refractivity contribution is 5.51. The fourth-order valence-corrected chi connectivity index (χ4v) is 5.03. The molecule has 1 saturated heterocycles. The summed E-state index contributed by atoms with van der Waals surface area (Å²) >= 11 is 0. The number of hydrogen-bond acceptors (Lipinski definition) is 3. The Morgan fingerprint density at radius 2 is 1.77 bits per heavy atom. The number of halogens is 2. The highest BCUT2D eigenvalue weighted by Gasteiger charge is 2.34. The number of fused-ring (bicyclic) bond motifs is 1. The second-order valence-corrected chi connectivity index (χ2v) is 8.55. The molecule has 2 aromatic rings. The van der Waals surface area contributed by atoms with E-state index in [0.717, 1.165) is 41.5 Å². The van der Waals surface area contributed by atoms with Crippen molar-refractivity contribution >= 4 is 0 Å². The minimum atomic E-state index is -2.51. The highest BCUT2D eigenvalue weighted by atomic mass is 19.3. The van der Waals surface area contributed by atoms with Gasteiger partial charge in [0.25, 0.3) is 6.43 Å². The largest absolute Gasteiger partial charge is 0.394 e. The zero-order chi connectivity index (χ0) is 21.3. The molecule has 2 aromatic carbocycles. The van der Waals surface area contributed by atoms with Crippen LogP contribution in [0.1, 0.15) is 77.7 Å². The summed E-state index contributed by atoms with van der Waals surface area (Å²) in [7, 11) is 0. The fraction of sp³-hybridized carbons (Fsp3) is 0.520. The van der Waals surface area contributed by atoms with E-state index < -0.39 is 18.6 Å². The van der Waals surface area contributed by atoms with E-state index in [1.807, 2.05) is 18.2 Å². The van der Waals surface area contributed by atoms with Gasteiger partial charge in [0.15, 0.2) is 0 Å². The predicted octanol–water partition coefficient (Wildman–Crippen LogP) is 4.84. The maximum atomic E-state index is 14.2. The van der Waals surface area contributed by atoms with Gasteiger partial charge < -0.3 is 14.9 Å². The van der Waals surface area contributed by atoms with E-state index in [2.05, 4.69) is 19.1 Å². The number of hydrogen-bond donors (Lipinski definition) is 2. The maximum Gasteiger partial charge on any atom is 0.264 e. The van der Waals surface area contributed by atoms with Gasteiger partial charge >= 0.3 is 0 Å². The van der Waals surface area contributed by atoms with E-state index in [-0.39, 0.29) is 18.3 Å². The summed E-state index contributed by atoms with van der Waals surface area (Å²) in [4.78, 5) is 0. The van der Waals surface area contributed by atoms with E-state index >= 15 is 0 Å². The van der Waals surface area contributed by atoms with Crippen LogP contribution in [0.15, 0.2) is 30.3 Å². The van der Waals surface area contributed by atoms with E-state index in [1.165, 1.54) is 5.56 Å². The third kappa shape index (κ3) is 4.29. The third-order valence-electron chi connectivity index (χ3n) is 6.54. The van der Waals surface area contributed by atoms with Gasteiger partial charge in [-0.2, -0.15) is 0 Å². The van der Waals surface area contributed by atoms with Crippen molar-refractivity contribution in [2.45, 2.75) is 76.6 Å². The summed E-state index contributed by atoms with van der Waals surface area (Å²) in [6.07, 6.45) is 0.635. The Morgan fingerprint density at radius 1 is 1.07 bits per heavy atom. The zero-order valence-electron chi connectivity index (χ0n) is 17.4. The van der Waals surface area contributed by atoms with Crippen molar-refractivity contribution in [2.24, 2.45) is 0 Å². The Hall–Kier alpha value is -1.82. The quantitative estimate of drug-likeness (QED) is 0.709.